The van der Waals surface area contributed by atoms with Crippen molar-refractivity contribution in [3.8, 4) is 0 Å². The fourth-order valence-electron chi connectivity index (χ4n) is 2.72. The van der Waals surface area contributed by atoms with Crippen LogP contribution in [0.1, 0.15) is 10.4 Å². The average molecular weight is 487 g/mol. The molecule has 1 amide bonds. The van der Waals surface area contributed by atoms with Crippen molar-refractivity contribution in [1.82, 2.24) is 14.2 Å². The summed E-state index contributed by atoms with van der Waals surface area (Å²) in [6.45, 7) is 0.981. The van der Waals surface area contributed by atoms with E-state index < -0.39 is 10.0 Å². The van der Waals surface area contributed by atoms with Crippen LogP contribution in [0.2, 0.25) is 0 Å². The molecule has 11 heteroatoms. The van der Waals surface area contributed by atoms with Crippen LogP contribution in [-0.4, -0.2) is 69.8 Å². The van der Waals surface area contributed by atoms with Gasteiger partial charge in [0.2, 0.25) is 10.0 Å². The molecule has 0 fully saturated rings. The molecule has 3 rings (SSSR count). The summed E-state index contributed by atoms with van der Waals surface area (Å²) in [5.41, 5.74) is 0.961. The number of nitrogens with zero attached hydrogens (tertiary/aromatic N) is 4. The van der Waals surface area contributed by atoms with Crippen molar-refractivity contribution in [3.05, 3.63) is 53.8 Å². The summed E-state index contributed by atoms with van der Waals surface area (Å²) in [5.74, 6) is -0.660. The Hall–Kier alpha value is -2.11. The molecular formula is C20H24ClFN4O3S2. The van der Waals surface area contributed by atoms with Gasteiger partial charge in [0.05, 0.1) is 15.1 Å². The van der Waals surface area contributed by atoms with Gasteiger partial charge < -0.3 is 4.90 Å². The van der Waals surface area contributed by atoms with E-state index in [-0.39, 0.29) is 29.0 Å². The zero-order valence-corrected chi connectivity index (χ0v) is 20.0. The Morgan fingerprint density at radius 1 is 1.03 bits per heavy atom. The van der Waals surface area contributed by atoms with Gasteiger partial charge in [0.25, 0.3) is 5.91 Å². The van der Waals surface area contributed by atoms with E-state index in [0.717, 1.165) is 4.31 Å². The molecule has 1 heterocycles. The number of thiazole rings is 1. The Balaban J connectivity index is 0.00000341. The first kappa shape index (κ1) is 25.2. The average Bonchev–Trinajstić information content (AvgIpc) is 3.10. The lowest BCUT2D eigenvalue weighted by molar-refractivity contribution is 0.0985. The number of rotatable bonds is 7. The van der Waals surface area contributed by atoms with Crippen molar-refractivity contribution < 1.29 is 17.6 Å². The second kappa shape index (κ2) is 10.0. The molecule has 0 spiro atoms. The summed E-state index contributed by atoms with van der Waals surface area (Å²) in [4.78, 5) is 21.3. The number of likely N-dealkylation sites (N-methyl/N-ethyl adjacent to an activating group) is 1. The summed E-state index contributed by atoms with van der Waals surface area (Å²) in [6.07, 6.45) is 0. The Labute approximate surface area is 191 Å². The largest absolute Gasteiger partial charge is 0.308 e. The molecular weight excluding hydrogens is 463 g/mol. The fraction of sp³-hybridized carbons (Fsp3) is 0.300. The van der Waals surface area contributed by atoms with E-state index in [1.165, 1.54) is 66.7 Å². The quantitative estimate of drug-likeness (QED) is 0.512. The minimum atomic E-state index is -3.58. The van der Waals surface area contributed by atoms with Crippen LogP contribution in [0.4, 0.5) is 9.52 Å². The number of halogens is 2. The van der Waals surface area contributed by atoms with Crippen LogP contribution >= 0.6 is 23.7 Å². The Morgan fingerprint density at radius 3 is 2.26 bits per heavy atom. The molecule has 0 atom stereocenters. The van der Waals surface area contributed by atoms with Gasteiger partial charge in [0, 0.05) is 32.7 Å². The van der Waals surface area contributed by atoms with E-state index in [4.69, 9.17) is 0 Å². The van der Waals surface area contributed by atoms with Gasteiger partial charge in [0.1, 0.15) is 5.82 Å². The van der Waals surface area contributed by atoms with E-state index in [0.29, 0.717) is 34.0 Å². The minimum Gasteiger partial charge on any atom is -0.308 e. The van der Waals surface area contributed by atoms with Crippen molar-refractivity contribution >= 4 is 55.0 Å². The third kappa shape index (κ3) is 5.58. The lowest BCUT2D eigenvalue weighted by atomic mass is 10.2. The summed E-state index contributed by atoms with van der Waals surface area (Å²) in [5, 5.41) is 0.465. The summed E-state index contributed by atoms with van der Waals surface area (Å²) < 4.78 is 39.8. The molecule has 31 heavy (non-hydrogen) atoms. The Bertz CT molecular complexity index is 1160. The van der Waals surface area contributed by atoms with Crippen LogP contribution in [0, 0.1) is 5.82 Å². The van der Waals surface area contributed by atoms with Crippen molar-refractivity contribution in [2.24, 2.45) is 0 Å². The SMILES string of the molecule is CN(C)CCN(C(=O)c1ccc(S(=O)(=O)N(C)C)cc1)c1nc2ccc(F)cc2s1.Cl. The summed E-state index contributed by atoms with van der Waals surface area (Å²) in [6, 6.07) is 10.1. The molecule has 168 valence electrons. The zero-order valence-electron chi connectivity index (χ0n) is 17.6. The van der Waals surface area contributed by atoms with Gasteiger partial charge in [0.15, 0.2) is 5.13 Å². The second-order valence-corrected chi connectivity index (χ2v) is 10.3. The predicted octanol–water partition coefficient (Wildman–Crippen LogP) is 3.32. The number of sulfonamides is 1. The molecule has 0 bridgehead atoms. The summed E-state index contributed by atoms with van der Waals surface area (Å²) in [7, 11) is 3.12. The first-order valence-corrected chi connectivity index (χ1v) is 11.4. The van der Waals surface area contributed by atoms with Crippen molar-refractivity contribution in [2.75, 3.05) is 46.2 Å². The highest BCUT2D eigenvalue weighted by Gasteiger charge is 2.23. The van der Waals surface area contributed by atoms with Gasteiger partial charge in [-0.1, -0.05) is 11.3 Å². The fourth-order valence-corrected chi connectivity index (χ4v) is 4.64. The number of anilines is 1. The molecule has 3 aromatic rings. The third-order valence-electron chi connectivity index (χ3n) is 4.47. The molecule has 2 aromatic carbocycles. The number of aromatic nitrogens is 1. The second-order valence-electron chi connectivity index (χ2n) is 7.18. The van der Waals surface area contributed by atoms with Gasteiger partial charge in [-0.15, -0.1) is 12.4 Å². The van der Waals surface area contributed by atoms with Crippen LogP contribution in [0.3, 0.4) is 0 Å². The first-order valence-electron chi connectivity index (χ1n) is 9.15. The lowest BCUT2D eigenvalue weighted by Gasteiger charge is -2.22. The molecule has 0 aliphatic rings. The van der Waals surface area contributed by atoms with E-state index >= 15 is 0 Å². The Kier molecular flexibility index (Phi) is 8.12. The van der Waals surface area contributed by atoms with Crippen LogP contribution in [-0.2, 0) is 10.0 Å². The molecule has 0 saturated carbocycles. The molecule has 0 N–H and O–H groups in total. The molecule has 1 aromatic heterocycles. The van der Waals surface area contributed by atoms with E-state index in [1.807, 2.05) is 19.0 Å². The maximum absolute atomic E-state index is 13.6. The van der Waals surface area contributed by atoms with E-state index in [1.54, 1.807) is 6.07 Å². The number of carbonyl (C=O) groups is 1. The molecule has 0 unspecified atom stereocenters. The minimum absolute atomic E-state index is 0. The van der Waals surface area contributed by atoms with Gasteiger partial charge in [-0.2, -0.15) is 0 Å². The molecule has 7 nitrogen and oxygen atoms in total. The number of fused-ring (bicyclic) bond motifs is 1. The Morgan fingerprint density at radius 2 is 1.68 bits per heavy atom. The highest BCUT2D eigenvalue weighted by molar-refractivity contribution is 7.89. The van der Waals surface area contributed by atoms with Gasteiger partial charge in [-0.3, -0.25) is 9.69 Å². The predicted molar refractivity (Wildman–Crippen MR) is 124 cm³/mol. The number of hydrogen-bond donors (Lipinski definition) is 0. The normalized spacial score (nSPS) is 11.7. The molecule has 0 radical (unpaired) electrons. The van der Waals surface area contributed by atoms with E-state index in [9.17, 15) is 17.6 Å². The van der Waals surface area contributed by atoms with Crippen LogP contribution in [0.15, 0.2) is 47.4 Å². The topological polar surface area (TPSA) is 73.8 Å². The van der Waals surface area contributed by atoms with Crippen LogP contribution in [0.25, 0.3) is 10.2 Å². The molecule has 0 saturated heterocycles. The number of amides is 1. The maximum Gasteiger partial charge on any atom is 0.260 e. The molecule has 0 aliphatic heterocycles. The molecule has 0 aliphatic carbocycles. The van der Waals surface area contributed by atoms with Crippen molar-refractivity contribution in [2.45, 2.75) is 4.90 Å². The van der Waals surface area contributed by atoms with E-state index in [2.05, 4.69) is 4.98 Å². The monoisotopic (exact) mass is 486 g/mol. The van der Waals surface area contributed by atoms with Gasteiger partial charge in [-0.05, 0) is 56.6 Å². The van der Waals surface area contributed by atoms with Crippen LogP contribution in [0.5, 0.6) is 0 Å². The third-order valence-corrected chi connectivity index (χ3v) is 7.34. The lowest BCUT2D eigenvalue weighted by Crippen LogP contribution is -2.36. The number of benzene rings is 2. The maximum atomic E-state index is 13.6. The smallest absolute Gasteiger partial charge is 0.260 e. The first-order chi connectivity index (χ1) is 14.1. The van der Waals surface area contributed by atoms with Crippen LogP contribution < -0.4 is 4.90 Å². The van der Waals surface area contributed by atoms with Crippen molar-refractivity contribution in [1.29, 1.82) is 0 Å². The van der Waals surface area contributed by atoms with Crippen molar-refractivity contribution in [3.63, 3.8) is 0 Å². The zero-order chi connectivity index (χ0) is 22.1. The summed E-state index contributed by atoms with van der Waals surface area (Å²) >= 11 is 1.24. The van der Waals surface area contributed by atoms with Gasteiger partial charge in [-0.25, -0.2) is 22.1 Å². The highest BCUT2D eigenvalue weighted by Crippen LogP contribution is 2.30. The number of hydrogen-bond acceptors (Lipinski definition) is 6. The highest BCUT2D eigenvalue weighted by atomic mass is 35.5. The van der Waals surface area contributed by atoms with Gasteiger partial charge >= 0.3 is 0 Å². The number of carbonyl (C=O) groups excluding carboxylic acids is 1. The standard InChI is InChI=1S/C20H23FN4O3S2.ClH/c1-23(2)11-12-25(20-22-17-10-7-15(21)13-18(17)29-20)19(26)14-5-8-16(9-6-14)30(27,28)24(3)4;/h5-10,13H,11-12H2,1-4H3;1H.